The first-order valence-corrected chi connectivity index (χ1v) is 5.89. The maximum atomic E-state index is 13.3. The molecule has 1 heterocycles. The second-order valence-electron chi connectivity index (χ2n) is 3.38. The van der Waals surface area contributed by atoms with E-state index in [1.165, 1.54) is 22.8 Å². The van der Waals surface area contributed by atoms with E-state index in [0.29, 0.717) is 5.01 Å². The highest BCUT2D eigenvalue weighted by molar-refractivity contribution is 7.09. The summed E-state index contributed by atoms with van der Waals surface area (Å²) in [5, 5.41) is 4.21. The van der Waals surface area contributed by atoms with Gasteiger partial charge in [-0.25, -0.2) is 13.8 Å². The molecule has 0 fully saturated rings. The fourth-order valence-electron chi connectivity index (χ4n) is 1.30. The molecule has 1 aromatic carbocycles. The maximum absolute atomic E-state index is 13.3. The molecule has 0 spiro atoms. The standard InChI is InChI=1S/C11H9F2N3OS/c12-6-2-1-3-7(13)10(6)16-11(17)8-5-18-9(4-14)15-8/h1-3,5H,4,14H2,(H,16,17). The van der Waals surface area contributed by atoms with Gasteiger partial charge in [0, 0.05) is 11.9 Å². The molecule has 94 valence electrons. The number of nitrogens with zero attached hydrogens (tertiary/aromatic N) is 1. The number of nitrogens with two attached hydrogens (primary N) is 1. The lowest BCUT2D eigenvalue weighted by atomic mass is 10.3. The molecule has 2 rings (SSSR count). The number of benzene rings is 1. The summed E-state index contributed by atoms with van der Waals surface area (Å²) in [4.78, 5) is 15.6. The van der Waals surface area contributed by atoms with E-state index in [-0.39, 0.29) is 12.2 Å². The number of anilines is 1. The summed E-state index contributed by atoms with van der Waals surface area (Å²) in [6.45, 7) is 0.214. The Labute approximate surface area is 105 Å². The SMILES string of the molecule is NCc1nc(C(=O)Nc2c(F)cccc2F)cs1. The number of para-hydroxylation sites is 1. The summed E-state index contributed by atoms with van der Waals surface area (Å²) in [5.41, 5.74) is 4.96. The highest BCUT2D eigenvalue weighted by atomic mass is 32.1. The first-order valence-electron chi connectivity index (χ1n) is 5.01. The largest absolute Gasteiger partial charge is 0.325 e. The summed E-state index contributed by atoms with van der Waals surface area (Å²) in [5.74, 6) is -2.34. The Bertz CT molecular complexity index is 565. The van der Waals surface area contributed by atoms with Crippen molar-refractivity contribution in [3.63, 3.8) is 0 Å². The predicted octanol–water partition coefficient (Wildman–Crippen LogP) is 2.13. The van der Waals surface area contributed by atoms with Gasteiger partial charge in [0.25, 0.3) is 5.91 Å². The van der Waals surface area contributed by atoms with Crippen LogP contribution in [0.15, 0.2) is 23.6 Å². The maximum Gasteiger partial charge on any atom is 0.275 e. The molecule has 0 radical (unpaired) electrons. The second-order valence-corrected chi connectivity index (χ2v) is 4.32. The van der Waals surface area contributed by atoms with Gasteiger partial charge in [-0.3, -0.25) is 4.79 Å². The molecule has 0 saturated heterocycles. The Hall–Kier alpha value is -1.86. The van der Waals surface area contributed by atoms with Gasteiger partial charge in [-0.2, -0.15) is 0 Å². The quantitative estimate of drug-likeness (QED) is 0.897. The lowest BCUT2D eigenvalue weighted by Crippen LogP contribution is -2.15. The smallest absolute Gasteiger partial charge is 0.275 e. The van der Waals surface area contributed by atoms with E-state index in [2.05, 4.69) is 10.3 Å². The molecule has 1 amide bonds. The summed E-state index contributed by atoms with van der Waals surface area (Å²) in [6.07, 6.45) is 0. The average molecular weight is 269 g/mol. The van der Waals surface area contributed by atoms with Gasteiger partial charge in [0.2, 0.25) is 0 Å². The van der Waals surface area contributed by atoms with Gasteiger partial charge < -0.3 is 11.1 Å². The molecule has 2 aromatic rings. The number of rotatable bonds is 3. The molecule has 0 atom stereocenters. The van der Waals surface area contributed by atoms with Crippen LogP contribution in [0.3, 0.4) is 0 Å². The van der Waals surface area contributed by atoms with Crippen molar-refractivity contribution in [1.29, 1.82) is 0 Å². The molecule has 0 saturated carbocycles. The second kappa shape index (κ2) is 5.19. The van der Waals surface area contributed by atoms with Crippen molar-refractivity contribution < 1.29 is 13.6 Å². The molecule has 4 nitrogen and oxygen atoms in total. The molecule has 0 aliphatic heterocycles. The molecular weight excluding hydrogens is 260 g/mol. The molecule has 0 aliphatic carbocycles. The van der Waals surface area contributed by atoms with Crippen molar-refractivity contribution in [2.45, 2.75) is 6.54 Å². The lowest BCUT2D eigenvalue weighted by Gasteiger charge is -2.05. The molecule has 7 heteroatoms. The monoisotopic (exact) mass is 269 g/mol. The van der Waals surface area contributed by atoms with Gasteiger partial charge in [-0.1, -0.05) is 6.07 Å². The minimum Gasteiger partial charge on any atom is -0.325 e. The number of hydrogen-bond acceptors (Lipinski definition) is 4. The zero-order chi connectivity index (χ0) is 13.1. The van der Waals surface area contributed by atoms with Gasteiger partial charge in [0.15, 0.2) is 0 Å². The number of thiazole rings is 1. The number of amides is 1. The van der Waals surface area contributed by atoms with Crippen molar-refractivity contribution in [2.75, 3.05) is 5.32 Å². The van der Waals surface area contributed by atoms with Gasteiger partial charge in [0.05, 0.1) is 0 Å². The zero-order valence-corrected chi connectivity index (χ0v) is 9.93. The van der Waals surface area contributed by atoms with Crippen LogP contribution in [0.2, 0.25) is 0 Å². The van der Waals surface area contributed by atoms with Crippen molar-refractivity contribution in [3.8, 4) is 0 Å². The van der Waals surface area contributed by atoms with E-state index >= 15 is 0 Å². The van der Waals surface area contributed by atoms with E-state index in [9.17, 15) is 13.6 Å². The van der Waals surface area contributed by atoms with Crippen LogP contribution in [0.5, 0.6) is 0 Å². The minimum absolute atomic E-state index is 0.0862. The third kappa shape index (κ3) is 2.52. The van der Waals surface area contributed by atoms with Crippen LogP contribution in [0.25, 0.3) is 0 Å². The molecule has 18 heavy (non-hydrogen) atoms. The van der Waals surface area contributed by atoms with Gasteiger partial charge in [0.1, 0.15) is 28.0 Å². The van der Waals surface area contributed by atoms with Crippen molar-refractivity contribution in [3.05, 3.63) is 45.9 Å². The third-order valence-corrected chi connectivity index (χ3v) is 3.03. The van der Waals surface area contributed by atoms with Crippen molar-refractivity contribution in [1.82, 2.24) is 4.98 Å². The van der Waals surface area contributed by atoms with Crippen molar-refractivity contribution in [2.24, 2.45) is 5.73 Å². The number of carbonyl (C=O) groups excluding carboxylic acids is 1. The van der Waals surface area contributed by atoms with Gasteiger partial charge in [-0.05, 0) is 12.1 Å². The Balaban J connectivity index is 2.21. The van der Waals surface area contributed by atoms with Gasteiger partial charge in [-0.15, -0.1) is 11.3 Å². The summed E-state index contributed by atoms with van der Waals surface area (Å²) in [6, 6.07) is 3.34. The average Bonchev–Trinajstić information content (AvgIpc) is 2.82. The molecule has 0 unspecified atom stereocenters. The molecule has 3 N–H and O–H groups in total. The molecule has 1 aromatic heterocycles. The number of hydrogen-bond donors (Lipinski definition) is 2. The number of halogens is 2. The molecule has 0 aliphatic rings. The summed E-state index contributed by atoms with van der Waals surface area (Å²) >= 11 is 1.21. The Kier molecular flexibility index (Phi) is 3.63. The lowest BCUT2D eigenvalue weighted by molar-refractivity contribution is 0.102. The third-order valence-electron chi connectivity index (χ3n) is 2.16. The van der Waals surface area contributed by atoms with Crippen LogP contribution in [-0.4, -0.2) is 10.9 Å². The van der Waals surface area contributed by atoms with E-state index < -0.39 is 23.2 Å². The van der Waals surface area contributed by atoms with E-state index in [1.54, 1.807) is 0 Å². The zero-order valence-electron chi connectivity index (χ0n) is 9.11. The van der Waals surface area contributed by atoms with Crippen LogP contribution in [-0.2, 0) is 6.54 Å². The van der Waals surface area contributed by atoms with Crippen LogP contribution < -0.4 is 11.1 Å². The number of aromatic nitrogens is 1. The van der Waals surface area contributed by atoms with E-state index in [4.69, 9.17) is 5.73 Å². The highest BCUT2D eigenvalue weighted by Crippen LogP contribution is 2.19. The van der Waals surface area contributed by atoms with E-state index in [1.807, 2.05) is 0 Å². The Morgan fingerprint density at radius 1 is 1.39 bits per heavy atom. The summed E-state index contributed by atoms with van der Waals surface area (Å²) < 4.78 is 26.6. The Morgan fingerprint density at radius 2 is 2.06 bits per heavy atom. The minimum atomic E-state index is -0.836. The van der Waals surface area contributed by atoms with Gasteiger partial charge >= 0.3 is 0 Å². The van der Waals surface area contributed by atoms with Crippen LogP contribution in [0, 0.1) is 11.6 Å². The Morgan fingerprint density at radius 3 is 2.61 bits per heavy atom. The first-order chi connectivity index (χ1) is 8.61. The van der Waals surface area contributed by atoms with Crippen LogP contribution in [0.4, 0.5) is 14.5 Å². The number of nitrogens with one attached hydrogen (secondary N) is 1. The molecule has 0 bridgehead atoms. The number of carbonyl (C=O) groups is 1. The van der Waals surface area contributed by atoms with Crippen LogP contribution in [0.1, 0.15) is 15.5 Å². The fourth-order valence-corrected chi connectivity index (χ4v) is 1.96. The molecular formula is C11H9F2N3OS. The van der Waals surface area contributed by atoms with E-state index in [0.717, 1.165) is 12.1 Å². The highest BCUT2D eigenvalue weighted by Gasteiger charge is 2.15. The first kappa shape index (κ1) is 12.6. The predicted molar refractivity (Wildman–Crippen MR) is 64.3 cm³/mol. The topological polar surface area (TPSA) is 68.0 Å². The fraction of sp³-hybridized carbons (Fsp3) is 0.0909. The normalized spacial score (nSPS) is 10.4. The van der Waals surface area contributed by atoms with Crippen LogP contribution >= 0.6 is 11.3 Å². The van der Waals surface area contributed by atoms with Crippen molar-refractivity contribution >= 4 is 22.9 Å². The summed E-state index contributed by atoms with van der Waals surface area (Å²) in [7, 11) is 0.